The Labute approximate surface area is 109 Å². The SMILES string of the molecule is COc1cccc(COC2CCNCC2)c1.Cl. The summed E-state index contributed by atoms with van der Waals surface area (Å²) in [6, 6.07) is 8.05. The van der Waals surface area contributed by atoms with Gasteiger partial charge in [0, 0.05) is 0 Å². The van der Waals surface area contributed by atoms with Crippen LogP contribution in [-0.2, 0) is 11.3 Å². The molecule has 0 unspecified atom stereocenters. The van der Waals surface area contributed by atoms with E-state index in [1.54, 1.807) is 7.11 Å². The van der Waals surface area contributed by atoms with Gasteiger partial charge in [0.15, 0.2) is 0 Å². The summed E-state index contributed by atoms with van der Waals surface area (Å²) in [5, 5.41) is 3.33. The highest BCUT2D eigenvalue weighted by Gasteiger charge is 2.12. The molecule has 1 aliphatic heterocycles. The average Bonchev–Trinajstić information content (AvgIpc) is 2.38. The second-order valence-electron chi connectivity index (χ2n) is 4.11. The molecule has 1 fully saturated rings. The number of rotatable bonds is 4. The Morgan fingerprint density at radius 2 is 2.06 bits per heavy atom. The first-order chi connectivity index (χ1) is 7.88. The summed E-state index contributed by atoms with van der Waals surface area (Å²) in [7, 11) is 1.69. The summed E-state index contributed by atoms with van der Waals surface area (Å²) in [6.07, 6.45) is 2.64. The van der Waals surface area contributed by atoms with Crippen molar-refractivity contribution in [2.45, 2.75) is 25.6 Å². The Kier molecular flexibility index (Phi) is 6.34. The Hall–Kier alpha value is -0.770. The molecule has 0 spiro atoms. The number of nitrogens with one attached hydrogen (secondary N) is 1. The molecule has 0 atom stereocenters. The van der Waals surface area contributed by atoms with Crippen LogP contribution in [0.5, 0.6) is 5.75 Å². The maximum atomic E-state index is 5.87. The van der Waals surface area contributed by atoms with E-state index in [0.717, 1.165) is 31.7 Å². The lowest BCUT2D eigenvalue weighted by atomic mass is 10.1. The Balaban J connectivity index is 0.00000144. The monoisotopic (exact) mass is 257 g/mol. The number of hydrogen-bond donors (Lipinski definition) is 1. The molecule has 1 aliphatic rings. The van der Waals surface area contributed by atoms with Gasteiger partial charge in [-0.15, -0.1) is 12.4 Å². The second kappa shape index (κ2) is 7.54. The predicted molar refractivity (Wildman–Crippen MR) is 70.9 cm³/mol. The average molecular weight is 258 g/mol. The number of benzene rings is 1. The van der Waals surface area contributed by atoms with Crippen molar-refractivity contribution in [3.05, 3.63) is 29.8 Å². The molecule has 0 radical (unpaired) electrons. The van der Waals surface area contributed by atoms with Crippen molar-refractivity contribution in [2.75, 3.05) is 20.2 Å². The molecule has 3 nitrogen and oxygen atoms in total. The Bertz CT molecular complexity index is 327. The van der Waals surface area contributed by atoms with E-state index < -0.39 is 0 Å². The first kappa shape index (κ1) is 14.3. The lowest BCUT2D eigenvalue weighted by Gasteiger charge is -2.23. The number of halogens is 1. The number of piperidine rings is 1. The van der Waals surface area contributed by atoms with E-state index in [0.29, 0.717) is 12.7 Å². The maximum absolute atomic E-state index is 5.87. The summed E-state index contributed by atoms with van der Waals surface area (Å²) in [5.41, 5.74) is 1.18. The van der Waals surface area contributed by atoms with E-state index >= 15 is 0 Å². The van der Waals surface area contributed by atoms with Crippen LogP contribution in [0.3, 0.4) is 0 Å². The molecule has 1 N–H and O–H groups in total. The van der Waals surface area contributed by atoms with Crippen molar-refractivity contribution >= 4 is 12.4 Å². The quantitative estimate of drug-likeness (QED) is 0.899. The lowest BCUT2D eigenvalue weighted by molar-refractivity contribution is 0.0211. The molecular formula is C13H20ClNO2. The fourth-order valence-corrected chi connectivity index (χ4v) is 1.94. The number of methoxy groups -OCH3 is 1. The molecule has 1 aromatic rings. The van der Waals surface area contributed by atoms with Crippen molar-refractivity contribution in [3.63, 3.8) is 0 Å². The van der Waals surface area contributed by atoms with Crippen LogP contribution in [0, 0.1) is 0 Å². The van der Waals surface area contributed by atoms with Gasteiger partial charge in [0.05, 0.1) is 19.8 Å². The van der Waals surface area contributed by atoms with Crippen molar-refractivity contribution < 1.29 is 9.47 Å². The zero-order valence-electron chi connectivity index (χ0n) is 10.1. The standard InChI is InChI=1S/C13H19NO2.ClH/c1-15-13-4-2-3-11(9-13)10-16-12-5-7-14-8-6-12;/h2-4,9,12,14H,5-8,10H2,1H3;1H. The minimum Gasteiger partial charge on any atom is -0.497 e. The first-order valence-corrected chi connectivity index (χ1v) is 5.84. The van der Waals surface area contributed by atoms with Gasteiger partial charge in [-0.25, -0.2) is 0 Å². The van der Waals surface area contributed by atoms with Gasteiger partial charge in [-0.2, -0.15) is 0 Å². The number of hydrogen-bond acceptors (Lipinski definition) is 3. The third kappa shape index (κ3) is 4.54. The molecule has 17 heavy (non-hydrogen) atoms. The highest BCUT2D eigenvalue weighted by Crippen LogP contribution is 2.15. The van der Waals surface area contributed by atoms with Gasteiger partial charge in [-0.05, 0) is 43.6 Å². The van der Waals surface area contributed by atoms with Gasteiger partial charge in [0.1, 0.15) is 5.75 Å². The summed E-state index contributed by atoms with van der Waals surface area (Å²) < 4.78 is 11.1. The largest absolute Gasteiger partial charge is 0.497 e. The van der Waals surface area contributed by atoms with Crippen molar-refractivity contribution in [1.29, 1.82) is 0 Å². The first-order valence-electron chi connectivity index (χ1n) is 5.84. The molecule has 0 aliphatic carbocycles. The van der Waals surface area contributed by atoms with E-state index in [1.807, 2.05) is 18.2 Å². The smallest absolute Gasteiger partial charge is 0.119 e. The third-order valence-electron chi connectivity index (χ3n) is 2.91. The molecule has 2 rings (SSSR count). The van der Waals surface area contributed by atoms with E-state index in [-0.39, 0.29) is 12.4 Å². The van der Waals surface area contributed by atoms with E-state index in [9.17, 15) is 0 Å². The van der Waals surface area contributed by atoms with Crippen LogP contribution in [0.15, 0.2) is 24.3 Å². The highest BCUT2D eigenvalue weighted by atomic mass is 35.5. The van der Waals surface area contributed by atoms with Crippen LogP contribution in [0.25, 0.3) is 0 Å². The molecule has 0 saturated carbocycles. The van der Waals surface area contributed by atoms with Crippen LogP contribution in [0.4, 0.5) is 0 Å². The Morgan fingerprint density at radius 1 is 1.29 bits per heavy atom. The normalized spacial score (nSPS) is 16.3. The van der Waals surface area contributed by atoms with Gasteiger partial charge in [-0.3, -0.25) is 0 Å². The van der Waals surface area contributed by atoms with Crippen molar-refractivity contribution in [1.82, 2.24) is 5.32 Å². The van der Waals surface area contributed by atoms with Gasteiger partial charge in [-0.1, -0.05) is 12.1 Å². The van der Waals surface area contributed by atoms with Gasteiger partial charge >= 0.3 is 0 Å². The van der Waals surface area contributed by atoms with Crippen LogP contribution in [0.2, 0.25) is 0 Å². The molecule has 4 heteroatoms. The lowest BCUT2D eigenvalue weighted by Crippen LogP contribution is -2.32. The zero-order valence-corrected chi connectivity index (χ0v) is 11.0. The molecule has 1 heterocycles. The van der Waals surface area contributed by atoms with E-state index in [4.69, 9.17) is 9.47 Å². The topological polar surface area (TPSA) is 30.5 Å². The third-order valence-corrected chi connectivity index (χ3v) is 2.91. The van der Waals surface area contributed by atoms with Gasteiger partial charge < -0.3 is 14.8 Å². The fourth-order valence-electron chi connectivity index (χ4n) is 1.94. The molecule has 0 bridgehead atoms. The zero-order chi connectivity index (χ0) is 11.2. The molecule has 0 aromatic heterocycles. The van der Waals surface area contributed by atoms with Gasteiger partial charge in [0.25, 0.3) is 0 Å². The Morgan fingerprint density at radius 3 is 2.76 bits per heavy atom. The molecule has 1 saturated heterocycles. The summed E-state index contributed by atoms with van der Waals surface area (Å²) in [6.45, 7) is 2.83. The van der Waals surface area contributed by atoms with Crippen molar-refractivity contribution in [2.24, 2.45) is 0 Å². The van der Waals surface area contributed by atoms with Crippen LogP contribution in [0.1, 0.15) is 18.4 Å². The second-order valence-corrected chi connectivity index (χ2v) is 4.11. The highest BCUT2D eigenvalue weighted by molar-refractivity contribution is 5.85. The van der Waals surface area contributed by atoms with Crippen molar-refractivity contribution in [3.8, 4) is 5.75 Å². The van der Waals surface area contributed by atoms with Crippen LogP contribution < -0.4 is 10.1 Å². The molecule has 1 aromatic carbocycles. The fraction of sp³-hybridized carbons (Fsp3) is 0.538. The van der Waals surface area contributed by atoms with E-state index in [2.05, 4.69) is 11.4 Å². The minimum atomic E-state index is 0. The summed E-state index contributed by atoms with van der Waals surface area (Å²) in [5.74, 6) is 0.895. The summed E-state index contributed by atoms with van der Waals surface area (Å²) >= 11 is 0. The molecular weight excluding hydrogens is 238 g/mol. The summed E-state index contributed by atoms with van der Waals surface area (Å²) in [4.78, 5) is 0. The van der Waals surface area contributed by atoms with E-state index in [1.165, 1.54) is 5.56 Å². The predicted octanol–water partition coefficient (Wildman–Crippen LogP) is 2.39. The maximum Gasteiger partial charge on any atom is 0.119 e. The number of ether oxygens (including phenoxy) is 2. The van der Waals surface area contributed by atoms with Crippen LogP contribution >= 0.6 is 12.4 Å². The molecule has 0 amide bonds. The molecule has 96 valence electrons. The van der Waals surface area contributed by atoms with Crippen LogP contribution in [-0.4, -0.2) is 26.3 Å². The van der Waals surface area contributed by atoms with Gasteiger partial charge in [0.2, 0.25) is 0 Å². The minimum absolute atomic E-state index is 0.